The highest BCUT2D eigenvalue weighted by Crippen LogP contribution is 2.08. The lowest BCUT2D eigenvalue weighted by Gasteiger charge is -2.25. The highest BCUT2D eigenvalue weighted by molar-refractivity contribution is 7.98. The van der Waals surface area contributed by atoms with E-state index in [9.17, 15) is 24.3 Å². The summed E-state index contributed by atoms with van der Waals surface area (Å²) in [7, 11) is 0. The van der Waals surface area contributed by atoms with Gasteiger partial charge in [-0.3, -0.25) is 19.4 Å². The van der Waals surface area contributed by atoms with E-state index in [4.69, 9.17) is 17.2 Å². The molecule has 196 valence electrons. The topological polar surface area (TPSA) is 215 Å². The van der Waals surface area contributed by atoms with Gasteiger partial charge in [-0.1, -0.05) is 13.8 Å². The Morgan fingerprint density at radius 3 is 1.97 bits per heavy atom. The summed E-state index contributed by atoms with van der Waals surface area (Å²) < 4.78 is 0. The fourth-order valence-corrected chi connectivity index (χ4v) is 3.51. The second-order valence-corrected chi connectivity index (χ2v) is 9.52. The van der Waals surface area contributed by atoms with Crippen LogP contribution in [0.25, 0.3) is 0 Å². The molecule has 0 aliphatic heterocycles. The number of aliphatic carboxylic acids is 1. The zero-order chi connectivity index (χ0) is 26.3. The summed E-state index contributed by atoms with van der Waals surface area (Å²) in [5.41, 5.74) is 16.3. The van der Waals surface area contributed by atoms with Crippen LogP contribution in [0, 0.1) is 5.92 Å². The highest BCUT2D eigenvalue weighted by Gasteiger charge is 2.30. The third-order valence-electron chi connectivity index (χ3n) is 4.68. The van der Waals surface area contributed by atoms with Crippen LogP contribution in [0.4, 0.5) is 0 Å². The van der Waals surface area contributed by atoms with Crippen LogP contribution in [0.2, 0.25) is 0 Å². The Hall–Kier alpha value is -2.19. The van der Waals surface area contributed by atoms with E-state index in [1.165, 1.54) is 11.8 Å². The maximum Gasteiger partial charge on any atom is 0.326 e. The average Bonchev–Trinajstić information content (AvgIpc) is 2.76. The number of guanidine groups is 1. The van der Waals surface area contributed by atoms with Gasteiger partial charge in [-0.2, -0.15) is 24.4 Å². The van der Waals surface area contributed by atoms with Crippen LogP contribution in [0.15, 0.2) is 4.99 Å². The van der Waals surface area contributed by atoms with Crippen molar-refractivity contribution in [3.63, 3.8) is 0 Å². The van der Waals surface area contributed by atoms with Gasteiger partial charge in [0.25, 0.3) is 0 Å². The summed E-state index contributed by atoms with van der Waals surface area (Å²) in [6.07, 6.45) is 2.90. The van der Waals surface area contributed by atoms with Crippen molar-refractivity contribution in [1.82, 2.24) is 16.0 Å². The van der Waals surface area contributed by atoms with Crippen molar-refractivity contribution >= 4 is 54.0 Å². The van der Waals surface area contributed by atoms with Crippen LogP contribution in [0.5, 0.6) is 0 Å². The lowest BCUT2D eigenvalue weighted by Crippen LogP contribution is -2.57. The quantitative estimate of drug-likeness (QED) is 0.0490. The van der Waals surface area contributed by atoms with Crippen molar-refractivity contribution in [2.45, 2.75) is 63.7 Å². The average molecular weight is 522 g/mol. The smallest absolute Gasteiger partial charge is 0.326 e. The van der Waals surface area contributed by atoms with Crippen LogP contribution >= 0.6 is 24.4 Å². The van der Waals surface area contributed by atoms with Crippen molar-refractivity contribution in [3.8, 4) is 0 Å². The molecule has 0 spiro atoms. The minimum atomic E-state index is -1.17. The number of aliphatic imine (C=N–C) groups is 1. The number of carbonyl (C=O) groups is 4. The second kappa shape index (κ2) is 17.3. The first-order chi connectivity index (χ1) is 15.9. The van der Waals surface area contributed by atoms with Gasteiger partial charge in [0.2, 0.25) is 17.7 Å². The second-order valence-electron chi connectivity index (χ2n) is 8.17. The fourth-order valence-electron chi connectivity index (χ4n) is 2.88. The highest BCUT2D eigenvalue weighted by atomic mass is 32.2. The summed E-state index contributed by atoms with van der Waals surface area (Å²) in [4.78, 5) is 53.6. The van der Waals surface area contributed by atoms with Gasteiger partial charge >= 0.3 is 5.97 Å². The van der Waals surface area contributed by atoms with E-state index >= 15 is 0 Å². The molecule has 0 saturated carbocycles. The lowest BCUT2D eigenvalue weighted by molar-refractivity contribution is -0.142. The minimum absolute atomic E-state index is 0.0264. The zero-order valence-corrected chi connectivity index (χ0v) is 21.7. The molecule has 0 heterocycles. The molecule has 4 unspecified atom stereocenters. The number of nitrogens with two attached hydrogens (primary N) is 3. The lowest BCUT2D eigenvalue weighted by atomic mass is 10.0. The summed E-state index contributed by atoms with van der Waals surface area (Å²) in [6, 6.07) is -3.98. The van der Waals surface area contributed by atoms with Crippen molar-refractivity contribution in [3.05, 3.63) is 0 Å². The monoisotopic (exact) mass is 521 g/mol. The van der Waals surface area contributed by atoms with Crippen LogP contribution < -0.4 is 33.2 Å². The number of hydrogen-bond donors (Lipinski definition) is 8. The van der Waals surface area contributed by atoms with Gasteiger partial charge in [-0.15, -0.1) is 0 Å². The molecule has 0 bridgehead atoms. The number of thioether (sulfide) groups is 1. The van der Waals surface area contributed by atoms with E-state index in [2.05, 4.69) is 33.6 Å². The number of carboxylic acid groups (broad SMARTS) is 1. The van der Waals surface area contributed by atoms with Crippen LogP contribution in [-0.4, -0.2) is 83.2 Å². The van der Waals surface area contributed by atoms with Crippen molar-refractivity contribution in [2.24, 2.45) is 28.1 Å². The molecule has 3 amide bonds. The van der Waals surface area contributed by atoms with Gasteiger partial charge in [0, 0.05) is 12.3 Å². The Kier molecular flexibility index (Phi) is 16.2. The molecule has 14 heteroatoms. The van der Waals surface area contributed by atoms with Gasteiger partial charge in [-0.25, -0.2) is 4.79 Å². The number of carbonyl (C=O) groups excluding carboxylic acids is 3. The van der Waals surface area contributed by atoms with E-state index < -0.39 is 47.9 Å². The molecule has 0 rings (SSSR count). The zero-order valence-electron chi connectivity index (χ0n) is 20.0. The van der Waals surface area contributed by atoms with Crippen molar-refractivity contribution in [2.75, 3.05) is 24.3 Å². The van der Waals surface area contributed by atoms with Crippen LogP contribution in [-0.2, 0) is 19.2 Å². The Morgan fingerprint density at radius 2 is 1.50 bits per heavy atom. The van der Waals surface area contributed by atoms with Gasteiger partial charge in [0.1, 0.15) is 18.1 Å². The summed E-state index contributed by atoms with van der Waals surface area (Å²) in [5, 5.41) is 17.2. The largest absolute Gasteiger partial charge is 0.480 e. The Labute approximate surface area is 210 Å². The predicted octanol–water partition coefficient (Wildman–Crippen LogP) is -1.36. The fraction of sp³-hybridized carbons (Fsp3) is 0.750. The summed E-state index contributed by atoms with van der Waals surface area (Å²) >= 11 is 5.49. The van der Waals surface area contributed by atoms with Gasteiger partial charge in [-0.05, 0) is 43.6 Å². The standard InChI is InChI=1S/C20H39N7O5S2/c1-11(2)9-15(19(31)32)27-17(29)13(5-4-7-24-20(22)23)26-18(30)14(6-8-34-3)25-16(28)12(21)10-33/h11-15,33H,4-10,21H2,1-3H3,(H,25,28)(H,26,30)(H,27,29)(H,31,32)(H4,22,23,24). The van der Waals surface area contributed by atoms with Crippen molar-refractivity contribution < 1.29 is 24.3 Å². The van der Waals surface area contributed by atoms with Gasteiger partial charge < -0.3 is 38.3 Å². The molecule has 34 heavy (non-hydrogen) atoms. The Bertz CT molecular complexity index is 705. The predicted molar refractivity (Wildman–Crippen MR) is 138 cm³/mol. The molecule has 12 nitrogen and oxygen atoms in total. The van der Waals surface area contributed by atoms with E-state index in [-0.39, 0.29) is 37.0 Å². The van der Waals surface area contributed by atoms with Crippen molar-refractivity contribution in [1.29, 1.82) is 0 Å². The normalized spacial score (nSPS) is 14.4. The number of thiol groups is 1. The molecule has 0 aromatic carbocycles. The minimum Gasteiger partial charge on any atom is -0.480 e. The van der Waals surface area contributed by atoms with E-state index in [0.29, 0.717) is 18.6 Å². The molecule has 0 radical (unpaired) electrons. The number of rotatable bonds is 17. The first kappa shape index (κ1) is 31.8. The van der Waals surface area contributed by atoms with Crippen LogP contribution in [0.1, 0.15) is 39.5 Å². The Morgan fingerprint density at radius 1 is 0.971 bits per heavy atom. The van der Waals surface area contributed by atoms with Crippen LogP contribution in [0.3, 0.4) is 0 Å². The van der Waals surface area contributed by atoms with E-state index in [0.717, 1.165) is 0 Å². The molecule has 0 aromatic heterocycles. The molecular weight excluding hydrogens is 482 g/mol. The van der Waals surface area contributed by atoms with Gasteiger partial charge in [0.05, 0.1) is 6.04 Å². The molecule has 10 N–H and O–H groups in total. The number of amides is 3. The molecule has 0 saturated heterocycles. The first-order valence-corrected chi connectivity index (χ1v) is 13.0. The first-order valence-electron chi connectivity index (χ1n) is 11.0. The number of nitrogens with one attached hydrogen (secondary N) is 3. The third kappa shape index (κ3) is 13.5. The SMILES string of the molecule is CSCCC(NC(=O)C(N)CS)C(=O)NC(CCCN=C(N)N)C(=O)NC(CC(C)C)C(=O)O. The summed E-state index contributed by atoms with van der Waals surface area (Å²) in [5.74, 6) is -2.33. The number of hydrogen-bond acceptors (Lipinski definition) is 8. The number of nitrogens with zero attached hydrogens (tertiary/aromatic N) is 1. The molecule has 0 aromatic rings. The van der Waals surface area contributed by atoms with E-state index in [1.54, 1.807) is 0 Å². The van der Waals surface area contributed by atoms with E-state index in [1.807, 2.05) is 20.1 Å². The maximum absolute atomic E-state index is 13.0. The summed E-state index contributed by atoms with van der Waals surface area (Å²) in [6.45, 7) is 3.90. The molecule has 4 atom stereocenters. The molecule has 0 aliphatic rings. The third-order valence-corrected chi connectivity index (χ3v) is 5.71. The molecule has 0 aliphatic carbocycles. The molecule has 0 fully saturated rings. The Balaban J connectivity index is 5.54. The van der Waals surface area contributed by atoms with Gasteiger partial charge in [0.15, 0.2) is 5.96 Å². The molecular formula is C20H39N7O5S2. The number of carboxylic acids is 1. The maximum atomic E-state index is 13.0.